The second-order valence-electron chi connectivity index (χ2n) is 5.71. The minimum atomic E-state index is 0.326. The normalized spacial score (nSPS) is 16.1. The Balaban J connectivity index is 1.86. The van der Waals surface area contributed by atoms with Gasteiger partial charge in [0.1, 0.15) is 11.5 Å². The number of hydrogen-bond acceptors (Lipinski definition) is 2. The van der Waals surface area contributed by atoms with E-state index in [0.717, 1.165) is 28.1 Å². The first-order chi connectivity index (χ1) is 9.69. The van der Waals surface area contributed by atoms with E-state index in [-0.39, 0.29) is 0 Å². The average Bonchev–Trinajstić information content (AvgIpc) is 2.46. The van der Waals surface area contributed by atoms with Gasteiger partial charge in [0.15, 0.2) is 0 Å². The quantitative estimate of drug-likeness (QED) is 0.735. The fourth-order valence-corrected chi connectivity index (χ4v) is 3.44. The highest BCUT2D eigenvalue weighted by Gasteiger charge is 2.16. The van der Waals surface area contributed by atoms with E-state index >= 15 is 0 Å². The van der Waals surface area contributed by atoms with Gasteiger partial charge < -0.3 is 4.74 Å². The lowest BCUT2D eigenvalue weighted by molar-refractivity contribution is -0.118. The molecule has 0 aliphatic heterocycles. The van der Waals surface area contributed by atoms with E-state index in [1.54, 1.807) is 7.11 Å². The molecule has 2 rings (SSSR count). The second kappa shape index (κ2) is 7.82. The van der Waals surface area contributed by atoms with Gasteiger partial charge in [0.2, 0.25) is 0 Å². The van der Waals surface area contributed by atoms with Gasteiger partial charge in [0.05, 0.1) is 7.11 Å². The SMILES string of the molecule is COc1ccc(Br)cc1CC(=O)CCC1CCCCC1. The van der Waals surface area contributed by atoms with Crippen molar-refractivity contribution in [1.82, 2.24) is 0 Å². The zero-order valence-electron chi connectivity index (χ0n) is 12.2. The van der Waals surface area contributed by atoms with E-state index < -0.39 is 0 Å². The van der Waals surface area contributed by atoms with Crippen LogP contribution in [0, 0.1) is 5.92 Å². The molecule has 20 heavy (non-hydrogen) atoms. The molecular formula is C17H23BrO2. The monoisotopic (exact) mass is 338 g/mol. The lowest BCUT2D eigenvalue weighted by atomic mass is 9.85. The number of halogens is 1. The van der Waals surface area contributed by atoms with E-state index in [0.29, 0.717) is 18.6 Å². The molecule has 3 heteroatoms. The Morgan fingerprint density at radius 2 is 2.05 bits per heavy atom. The molecule has 0 heterocycles. The highest BCUT2D eigenvalue weighted by atomic mass is 79.9. The summed E-state index contributed by atoms with van der Waals surface area (Å²) < 4.78 is 6.32. The summed E-state index contributed by atoms with van der Waals surface area (Å²) in [4.78, 5) is 12.2. The van der Waals surface area contributed by atoms with Gasteiger partial charge >= 0.3 is 0 Å². The number of Topliss-reactive ketones (excluding diaryl/α,β-unsaturated/α-hetero) is 1. The van der Waals surface area contributed by atoms with Crippen LogP contribution in [-0.2, 0) is 11.2 Å². The number of ketones is 1. The Bertz CT molecular complexity index is 450. The lowest BCUT2D eigenvalue weighted by Gasteiger charge is -2.21. The van der Waals surface area contributed by atoms with Crippen LogP contribution < -0.4 is 4.74 Å². The van der Waals surface area contributed by atoms with Crippen molar-refractivity contribution in [2.45, 2.75) is 51.4 Å². The first kappa shape index (κ1) is 15.6. The maximum absolute atomic E-state index is 12.2. The lowest BCUT2D eigenvalue weighted by Crippen LogP contribution is -2.10. The summed E-state index contributed by atoms with van der Waals surface area (Å²) in [5.41, 5.74) is 0.982. The summed E-state index contributed by atoms with van der Waals surface area (Å²) >= 11 is 3.45. The van der Waals surface area contributed by atoms with Crippen LogP contribution in [0.1, 0.15) is 50.5 Å². The van der Waals surface area contributed by atoms with Gasteiger partial charge in [-0.05, 0) is 30.5 Å². The highest BCUT2D eigenvalue weighted by molar-refractivity contribution is 9.10. The minimum Gasteiger partial charge on any atom is -0.496 e. The summed E-state index contributed by atoms with van der Waals surface area (Å²) in [6.45, 7) is 0. The maximum Gasteiger partial charge on any atom is 0.137 e. The molecule has 1 fully saturated rings. The Labute approximate surface area is 130 Å². The molecule has 0 saturated heterocycles. The fourth-order valence-electron chi connectivity index (χ4n) is 3.03. The number of hydrogen-bond donors (Lipinski definition) is 0. The molecule has 0 radical (unpaired) electrons. The molecule has 0 atom stereocenters. The number of benzene rings is 1. The summed E-state index contributed by atoms with van der Waals surface area (Å²) in [7, 11) is 1.65. The van der Waals surface area contributed by atoms with Gasteiger partial charge in [0, 0.05) is 22.9 Å². The minimum absolute atomic E-state index is 0.326. The molecule has 1 aromatic carbocycles. The van der Waals surface area contributed by atoms with E-state index in [4.69, 9.17) is 4.74 Å². The predicted molar refractivity (Wildman–Crippen MR) is 85.2 cm³/mol. The zero-order chi connectivity index (χ0) is 14.4. The predicted octanol–water partition coefficient (Wildman–Crippen LogP) is 4.93. The molecular weight excluding hydrogens is 316 g/mol. The van der Waals surface area contributed by atoms with Crippen LogP contribution in [0.5, 0.6) is 5.75 Å². The van der Waals surface area contributed by atoms with Crippen molar-refractivity contribution in [3.8, 4) is 5.75 Å². The highest BCUT2D eigenvalue weighted by Crippen LogP contribution is 2.28. The van der Waals surface area contributed by atoms with Gasteiger partial charge in [-0.25, -0.2) is 0 Å². The van der Waals surface area contributed by atoms with Crippen molar-refractivity contribution in [2.24, 2.45) is 5.92 Å². The molecule has 0 amide bonds. The first-order valence-electron chi connectivity index (χ1n) is 7.53. The van der Waals surface area contributed by atoms with Crippen molar-refractivity contribution in [1.29, 1.82) is 0 Å². The van der Waals surface area contributed by atoms with Gasteiger partial charge in [-0.15, -0.1) is 0 Å². The van der Waals surface area contributed by atoms with Crippen LogP contribution in [0.2, 0.25) is 0 Å². The van der Waals surface area contributed by atoms with Crippen molar-refractivity contribution in [2.75, 3.05) is 7.11 Å². The first-order valence-corrected chi connectivity index (χ1v) is 8.32. The van der Waals surface area contributed by atoms with Gasteiger partial charge in [-0.2, -0.15) is 0 Å². The maximum atomic E-state index is 12.2. The number of ether oxygens (including phenoxy) is 1. The number of carbonyl (C=O) groups excluding carboxylic acids is 1. The molecule has 0 spiro atoms. The van der Waals surface area contributed by atoms with Crippen molar-refractivity contribution >= 4 is 21.7 Å². The standard InChI is InChI=1S/C17H23BrO2/c1-20-17-10-8-15(18)11-14(17)12-16(19)9-7-13-5-3-2-4-6-13/h8,10-11,13H,2-7,9,12H2,1H3. The molecule has 1 aliphatic carbocycles. The summed E-state index contributed by atoms with van der Waals surface area (Å²) in [5, 5.41) is 0. The van der Waals surface area contributed by atoms with Crippen molar-refractivity contribution in [3.05, 3.63) is 28.2 Å². The van der Waals surface area contributed by atoms with Gasteiger partial charge in [0.25, 0.3) is 0 Å². The summed E-state index contributed by atoms with van der Waals surface area (Å²) in [6, 6.07) is 5.83. The van der Waals surface area contributed by atoms with E-state index in [1.165, 1.54) is 32.1 Å². The van der Waals surface area contributed by atoms with Crippen molar-refractivity contribution in [3.63, 3.8) is 0 Å². The fraction of sp³-hybridized carbons (Fsp3) is 0.588. The largest absolute Gasteiger partial charge is 0.496 e. The Morgan fingerprint density at radius 3 is 2.75 bits per heavy atom. The number of methoxy groups -OCH3 is 1. The Hall–Kier alpha value is -0.830. The third-order valence-electron chi connectivity index (χ3n) is 4.19. The van der Waals surface area contributed by atoms with Crippen molar-refractivity contribution < 1.29 is 9.53 Å². The van der Waals surface area contributed by atoms with Crippen LogP contribution in [-0.4, -0.2) is 12.9 Å². The van der Waals surface area contributed by atoms with Crippen LogP contribution in [0.15, 0.2) is 22.7 Å². The zero-order valence-corrected chi connectivity index (χ0v) is 13.7. The molecule has 0 unspecified atom stereocenters. The third-order valence-corrected chi connectivity index (χ3v) is 4.68. The number of rotatable bonds is 6. The van der Waals surface area contributed by atoms with E-state index in [9.17, 15) is 4.79 Å². The molecule has 1 aliphatic rings. The second-order valence-corrected chi connectivity index (χ2v) is 6.63. The average molecular weight is 339 g/mol. The molecule has 110 valence electrons. The molecule has 0 N–H and O–H groups in total. The molecule has 1 saturated carbocycles. The van der Waals surface area contributed by atoms with Crippen LogP contribution in [0.25, 0.3) is 0 Å². The molecule has 0 aromatic heterocycles. The topological polar surface area (TPSA) is 26.3 Å². The Kier molecular flexibility index (Phi) is 6.08. The Morgan fingerprint density at radius 1 is 1.30 bits per heavy atom. The van der Waals surface area contributed by atoms with Crippen LogP contribution in [0.3, 0.4) is 0 Å². The van der Waals surface area contributed by atoms with Gasteiger partial charge in [-0.3, -0.25) is 4.79 Å². The number of carbonyl (C=O) groups is 1. The summed E-state index contributed by atoms with van der Waals surface area (Å²) in [6.07, 6.45) is 8.95. The molecule has 2 nitrogen and oxygen atoms in total. The van der Waals surface area contributed by atoms with E-state index in [2.05, 4.69) is 15.9 Å². The van der Waals surface area contributed by atoms with Gasteiger partial charge in [-0.1, -0.05) is 48.0 Å². The molecule has 1 aromatic rings. The molecule has 0 bridgehead atoms. The third kappa shape index (κ3) is 4.62. The summed E-state index contributed by atoms with van der Waals surface area (Å²) in [5.74, 6) is 1.91. The van der Waals surface area contributed by atoms with Crippen LogP contribution >= 0.6 is 15.9 Å². The smallest absolute Gasteiger partial charge is 0.137 e. The van der Waals surface area contributed by atoms with Crippen LogP contribution in [0.4, 0.5) is 0 Å². The van der Waals surface area contributed by atoms with E-state index in [1.807, 2.05) is 18.2 Å².